The molecule has 0 saturated carbocycles. The van der Waals surface area contributed by atoms with Gasteiger partial charge in [0.1, 0.15) is 11.5 Å². The molecule has 2 nitrogen and oxygen atoms in total. The molecule has 0 aliphatic rings. The van der Waals surface area contributed by atoms with Gasteiger partial charge in [-0.3, -0.25) is 0 Å². The Morgan fingerprint density at radius 3 is 1.41 bits per heavy atom. The zero-order valence-corrected chi connectivity index (χ0v) is 22.4. The van der Waals surface area contributed by atoms with Crippen molar-refractivity contribution >= 4 is 44.7 Å². The Kier molecular flexibility index (Phi) is 11.6. The summed E-state index contributed by atoms with van der Waals surface area (Å²) in [6.07, 6.45) is 14.7. The molecule has 0 aliphatic carbocycles. The van der Waals surface area contributed by atoms with E-state index in [1.165, 1.54) is 64.2 Å². The summed E-state index contributed by atoms with van der Waals surface area (Å²) in [6, 6.07) is 12.0. The molecule has 0 N–H and O–H groups in total. The molecule has 0 aromatic heterocycles. The van der Waals surface area contributed by atoms with Crippen molar-refractivity contribution in [2.45, 2.75) is 90.9 Å². The van der Waals surface area contributed by atoms with Crippen LogP contribution in [0.3, 0.4) is 0 Å². The first-order valence-corrected chi connectivity index (χ1v) is 14.0. The molecule has 0 heterocycles. The highest BCUT2D eigenvalue weighted by Gasteiger charge is 2.20. The van der Waals surface area contributed by atoms with Gasteiger partial charge in [0.05, 0.1) is 23.3 Å². The monoisotopic (exact) mass is 502 g/mol. The van der Waals surface area contributed by atoms with E-state index in [9.17, 15) is 0 Å². The minimum absolute atomic E-state index is 0.657. The minimum atomic E-state index is 0.657. The van der Waals surface area contributed by atoms with Crippen LogP contribution in [0.5, 0.6) is 11.5 Å². The zero-order valence-electron chi connectivity index (χ0n) is 20.9. The lowest BCUT2D eigenvalue weighted by Gasteiger charge is -2.19. The van der Waals surface area contributed by atoms with E-state index >= 15 is 0 Å². The quantitative estimate of drug-likeness (QED) is 0.143. The number of hydrogen-bond donors (Lipinski definition) is 0. The number of hydrogen-bond acceptors (Lipinski definition) is 2. The van der Waals surface area contributed by atoms with E-state index < -0.39 is 0 Å². The van der Waals surface area contributed by atoms with Crippen LogP contribution in [0.15, 0.2) is 36.4 Å². The van der Waals surface area contributed by atoms with Crippen LogP contribution < -0.4 is 9.47 Å². The SMILES string of the molecule is CCCCCCCCOc1c2cccc(Cl)c2c(OCCCCCCCC)c2c(Cl)cccc12. The van der Waals surface area contributed by atoms with Crippen molar-refractivity contribution in [2.24, 2.45) is 0 Å². The van der Waals surface area contributed by atoms with Gasteiger partial charge < -0.3 is 9.47 Å². The second-order valence-electron chi connectivity index (χ2n) is 9.22. The van der Waals surface area contributed by atoms with E-state index in [1.807, 2.05) is 24.3 Å². The van der Waals surface area contributed by atoms with E-state index in [0.717, 1.165) is 45.9 Å². The van der Waals surface area contributed by atoms with Crippen molar-refractivity contribution in [3.8, 4) is 11.5 Å². The summed E-state index contributed by atoms with van der Waals surface area (Å²) >= 11 is 13.5. The van der Waals surface area contributed by atoms with Crippen molar-refractivity contribution in [3.63, 3.8) is 0 Å². The Morgan fingerprint density at radius 1 is 0.529 bits per heavy atom. The summed E-state index contributed by atoms with van der Waals surface area (Å²) in [7, 11) is 0. The molecule has 3 aromatic rings. The maximum absolute atomic E-state index is 6.74. The summed E-state index contributed by atoms with van der Waals surface area (Å²) in [5.74, 6) is 1.64. The number of rotatable bonds is 16. The van der Waals surface area contributed by atoms with Gasteiger partial charge in [0.25, 0.3) is 0 Å². The third-order valence-electron chi connectivity index (χ3n) is 6.46. The number of ether oxygens (including phenoxy) is 2. The molecule has 0 atom stereocenters. The van der Waals surface area contributed by atoms with Gasteiger partial charge in [-0.25, -0.2) is 0 Å². The standard InChI is InChI=1S/C30H40Cl2O2/c1-3-5-7-9-11-13-21-33-29-23-17-15-19-25(31)27(23)30(28-24(29)18-16-20-26(28)32)34-22-14-12-10-8-6-4-2/h15-20H,3-14,21-22H2,1-2H3. The van der Waals surface area contributed by atoms with Crippen molar-refractivity contribution < 1.29 is 9.47 Å². The van der Waals surface area contributed by atoms with Gasteiger partial charge in [0.2, 0.25) is 0 Å². The molecule has 0 aliphatic heterocycles. The summed E-state index contributed by atoms with van der Waals surface area (Å²) < 4.78 is 12.8. The van der Waals surface area contributed by atoms with Gasteiger partial charge in [-0.15, -0.1) is 0 Å². The van der Waals surface area contributed by atoms with Gasteiger partial charge in [0, 0.05) is 21.5 Å². The molecule has 0 amide bonds. The fraction of sp³-hybridized carbons (Fsp3) is 0.533. The van der Waals surface area contributed by atoms with Crippen LogP contribution in [-0.2, 0) is 0 Å². The molecule has 3 rings (SSSR count). The molecule has 0 spiro atoms. The van der Waals surface area contributed by atoms with E-state index in [4.69, 9.17) is 32.7 Å². The Bertz CT molecular complexity index is 968. The average Bonchev–Trinajstić information content (AvgIpc) is 2.84. The van der Waals surface area contributed by atoms with Crippen LogP contribution in [0, 0.1) is 0 Å². The van der Waals surface area contributed by atoms with Gasteiger partial charge in [-0.05, 0) is 25.0 Å². The predicted octanol–water partition coefficient (Wildman–Crippen LogP) is 10.8. The lowest BCUT2D eigenvalue weighted by molar-refractivity contribution is 0.306. The second-order valence-corrected chi connectivity index (χ2v) is 10.0. The molecule has 3 aromatic carbocycles. The normalized spacial score (nSPS) is 11.4. The van der Waals surface area contributed by atoms with Crippen LogP contribution >= 0.6 is 23.2 Å². The largest absolute Gasteiger partial charge is 0.492 e. The Morgan fingerprint density at radius 2 is 0.941 bits per heavy atom. The Labute approximate surface area is 215 Å². The number of benzene rings is 3. The van der Waals surface area contributed by atoms with Crippen LogP contribution in [0.2, 0.25) is 10.0 Å². The number of unbranched alkanes of at least 4 members (excludes halogenated alkanes) is 10. The average molecular weight is 504 g/mol. The summed E-state index contributed by atoms with van der Waals surface area (Å²) in [6.45, 7) is 5.84. The molecule has 0 bridgehead atoms. The van der Waals surface area contributed by atoms with E-state index in [2.05, 4.69) is 26.0 Å². The lowest BCUT2D eigenvalue weighted by atomic mass is 10.00. The first-order chi connectivity index (χ1) is 16.7. The van der Waals surface area contributed by atoms with Gasteiger partial charge in [0.15, 0.2) is 0 Å². The third kappa shape index (κ3) is 7.18. The minimum Gasteiger partial charge on any atom is -0.492 e. The molecule has 0 unspecified atom stereocenters. The maximum atomic E-state index is 6.74. The van der Waals surface area contributed by atoms with Gasteiger partial charge >= 0.3 is 0 Å². The van der Waals surface area contributed by atoms with E-state index in [1.54, 1.807) is 0 Å². The summed E-state index contributed by atoms with van der Waals surface area (Å²) in [5.41, 5.74) is 0. The first-order valence-electron chi connectivity index (χ1n) is 13.3. The third-order valence-corrected chi connectivity index (χ3v) is 7.09. The highest BCUT2D eigenvalue weighted by atomic mass is 35.5. The van der Waals surface area contributed by atoms with Crippen molar-refractivity contribution in [3.05, 3.63) is 46.4 Å². The summed E-state index contributed by atoms with van der Waals surface area (Å²) in [4.78, 5) is 0. The van der Waals surface area contributed by atoms with E-state index in [0.29, 0.717) is 23.3 Å². The molecular formula is C30H40Cl2O2. The lowest BCUT2D eigenvalue weighted by Crippen LogP contribution is -2.03. The first kappa shape index (κ1) is 27.0. The molecule has 186 valence electrons. The van der Waals surface area contributed by atoms with Crippen LogP contribution in [0.4, 0.5) is 0 Å². The predicted molar refractivity (Wildman–Crippen MR) is 149 cm³/mol. The van der Waals surface area contributed by atoms with Crippen molar-refractivity contribution in [1.82, 2.24) is 0 Å². The fourth-order valence-corrected chi connectivity index (χ4v) is 5.09. The molecule has 0 fully saturated rings. The Balaban J connectivity index is 1.84. The Hall–Kier alpha value is -1.64. The second kappa shape index (κ2) is 14.7. The molecule has 0 radical (unpaired) electrons. The topological polar surface area (TPSA) is 18.5 Å². The number of halogens is 2. The van der Waals surface area contributed by atoms with Crippen LogP contribution in [-0.4, -0.2) is 13.2 Å². The number of fused-ring (bicyclic) bond motifs is 2. The molecular weight excluding hydrogens is 463 g/mol. The highest BCUT2D eigenvalue weighted by molar-refractivity contribution is 6.40. The maximum Gasteiger partial charge on any atom is 0.138 e. The summed E-state index contributed by atoms with van der Waals surface area (Å²) in [5, 5.41) is 5.11. The molecule has 0 saturated heterocycles. The van der Waals surface area contributed by atoms with Crippen molar-refractivity contribution in [1.29, 1.82) is 0 Å². The van der Waals surface area contributed by atoms with Gasteiger partial charge in [-0.2, -0.15) is 0 Å². The molecule has 4 heteroatoms. The van der Waals surface area contributed by atoms with Crippen LogP contribution in [0.25, 0.3) is 21.5 Å². The van der Waals surface area contributed by atoms with Gasteiger partial charge in [-0.1, -0.05) is 126 Å². The zero-order chi connectivity index (χ0) is 24.2. The van der Waals surface area contributed by atoms with E-state index in [-0.39, 0.29) is 0 Å². The fourth-order valence-electron chi connectivity index (χ4n) is 4.57. The smallest absolute Gasteiger partial charge is 0.138 e. The highest BCUT2D eigenvalue weighted by Crippen LogP contribution is 2.47. The molecule has 34 heavy (non-hydrogen) atoms. The van der Waals surface area contributed by atoms with Crippen molar-refractivity contribution in [2.75, 3.05) is 13.2 Å². The van der Waals surface area contributed by atoms with Crippen LogP contribution in [0.1, 0.15) is 90.9 Å².